The molecule has 6 nitrogen and oxygen atoms in total. The molecule has 1 aromatic heterocycles. The lowest BCUT2D eigenvalue weighted by molar-refractivity contribution is 0.0917. The van der Waals surface area contributed by atoms with Crippen LogP contribution in [-0.4, -0.2) is 28.4 Å². The number of nitrogens with two attached hydrogens (primary N) is 2. The van der Waals surface area contributed by atoms with Crippen LogP contribution in [0.2, 0.25) is 0 Å². The van der Waals surface area contributed by atoms with Crippen molar-refractivity contribution in [3.8, 4) is 0 Å². The molecule has 0 radical (unpaired) electrons. The van der Waals surface area contributed by atoms with E-state index in [1.165, 1.54) is 16.3 Å². The molecule has 1 heterocycles. The van der Waals surface area contributed by atoms with Gasteiger partial charge in [0.25, 0.3) is 5.91 Å². The van der Waals surface area contributed by atoms with Gasteiger partial charge in [0.1, 0.15) is 11.5 Å². The number of amides is 1. The number of aromatic nitrogens is 1. The summed E-state index contributed by atoms with van der Waals surface area (Å²) in [6.07, 6.45) is 4.50. The van der Waals surface area contributed by atoms with Crippen molar-refractivity contribution in [3.05, 3.63) is 83.6 Å². The molecule has 174 valence electrons. The first-order chi connectivity index (χ1) is 16.5. The number of nitrogens with zero attached hydrogens (tertiary/aromatic N) is 1. The third kappa shape index (κ3) is 4.41. The summed E-state index contributed by atoms with van der Waals surface area (Å²) in [6.45, 7) is 0.650. The van der Waals surface area contributed by atoms with Crippen molar-refractivity contribution in [2.24, 2.45) is 11.5 Å². The second-order valence-corrected chi connectivity index (χ2v) is 9.34. The van der Waals surface area contributed by atoms with E-state index in [9.17, 15) is 4.79 Å². The minimum absolute atomic E-state index is 0.0215. The summed E-state index contributed by atoms with van der Waals surface area (Å²) in [5.41, 5.74) is 15.3. The first kappa shape index (κ1) is 22.2. The summed E-state index contributed by atoms with van der Waals surface area (Å²) in [4.78, 5) is 13.4. The maximum absolute atomic E-state index is 13.4. The molecule has 0 aliphatic heterocycles. The Morgan fingerprint density at radius 2 is 1.74 bits per heavy atom. The molecule has 4 aromatic rings. The summed E-state index contributed by atoms with van der Waals surface area (Å²) < 4.78 is 2.08. The first-order valence-corrected chi connectivity index (χ1v) is 12.0. The van der Waals surface area contributed by atoms with Gasteiger partial charge in [0, 0.05) is 35.1 Å². The maximum Gasteiger partial charge on any atom is 0.268 e. The average molecular weight is 454 g/mol. The monoisotopic (exact) mass is 453 g/mol. The largest absolute Gasteiger partial charge is 0.384 e. The molecule has 1 aliphatic carbocycles. The van der Waals surface area contributed by atoms with Crippen LogP contribution >= 0.6 is 0 Å². The Bertz CT molecular complexity index is 1360. The summed E-state index contributed by atoms with van der Waals surface area (Å²) >= 11 is 0. The number of benzene rings is 3. The Labute approximate surface area is 199 Å². The first-order valence-electron chi connectivity index (χ1n) is 12.0. The van der Waals surface area contributed by atoms with Crippen LogP contribution in [-0.2, 0) is 13.0 Å². The highest BCUT2D eigenvalue weighted by molar-refractivity contribution is 6.02. The molecule has 5 rings (SSSR count). The van der Waals surface area contributed by atoms with Gasteiger partial charge in [-0.05, 0) is 60.6 Å². The van der Waals surface area contributed by atoms with E-state index in [0.717, 1.165) is 43.0 Å². The van der Waals surface area contributed by atoms with Crippen molar-refractivity contribution in [1.82, 2.24) is 9.88 Å². The molecule has 0 atom stereocenters. The highest BCUT2D eigenvalue weighted by Gasteiger charge is 2.23. The predicted molar refractivity (Wildman–Crippen MR) is 138 cm³/mol. The van der Waals surface area contributed by atoms with Gasteiger partial charge in [0.05, 0.1) is 0 Å². The third-order valence-electron chi connectivity index (χ3n) is 7.04. The van der Waals surface area contributed by atoms with Gasteiger partial charge in [0.2, 0.25) is 0 Å². The fraction of sp³-hybridized carbons (Fsp3) is 0.286. The molecule has 0 unspecified atom stereocenters. The number of aryl methyl sites for hydroxylation is 2. The van der Waals surface area contributed by atoms with E-state index in [4.69, 9.17) is 16.9 Å². The Morgan fingerprint density at radius 3 is 2.53 bits per heavy atom. The summed E-state index contributed by atoms with van der Waals surface area (Å²) in [5.74, 6) is -0.0350. The number of carbonyl (C=O) groups is 1. The standard InChI is InChI=1S/C28H31N5O/c29-22-10-12-23(13-11-22)32-28(34)26-16-20-8-9-21(27(30)31)17-25(20)33(26)15-14-19-6-3-5-18-4-1-2-7-24(18)19/h1-9,16-17,22-23H,10-15,29H2,(H3,30,31)(H,32,34). The molecule has 6 N–H and O–H groups in total. The Hall–Kier alpha value is -3.64. The van der Waals surface area contributed by atoms with Gasteiger partial charge in [-0.25, -0.2) is 0 Å². The van der Waals surface area contributed by atoms with Gasteiger partial charge in [-0.1, -0.05) is 54.6 Å². The average Bonchev–Trinajstić information content (AvgIpc) is 3.22. The summed E-state index contributed by atoms with van der Waals surface area (Å²) in [7, 11) is 0. The van der Waals surface area contributed by atoms with E-state index >= 15 is 0 Å². The Morgan fingerprint density at radius 1 is 0.971 bits per heavy atom. The summed E-state index contributed by atoms with van der Waals surface area (Å²) in [6, 6.07) is 22.8. The molecule has 3 aromatic carbocycles. The van der Waals surface area contributed by atoms with Gasteiger partial charge >= 0.3 is 0 Å². The molecule has 34 heavy (non-hydrogen) atoms. The minimum Gasteiger partial charge on any atom is -0.384 e. The zero-order valence-corrected chi connectivity index (χ0v) is 19.3. The Balaban J connectivity index is 1.49. The van der Waals surface area contributed by atoms with Crippen molar-refractivity contribution < 1.29 is 4.79 Å². The van der Waals surface area contributed by atoms with Crippen LogP contribution in [0.5, 0.6) is 0 Å². The van der Waals surface area contributed by atoms with Crippen molar-refractivity contribution in [3.63, 3.8) is 0 Å². The number of nitrogens with one attached hydrogen (secondary N) is 2. The smallest absolute Gasteiger partial charge is 0.268 e. The molecule has 0 spiro atoms. The summed E-state index contributed by atoms with van der Waals surface area (Å²) in [5, 5.41) is 14.5. The van der Waals surface area contributed by atoms with E-state index in [1.807, 2.05) is 24.3 Å². The molecule has 1 saturated carbocycles. The topological polar surface area (TPSA) is 110 Å². The molecule has 0 bridgehead atoms. The van der Waals surface area contributed by atoms with E-state index in [1.54, 1.807) is 0 Å². The van der Waals surface area contributed by atoms with E-state index < -0.39 is 0 Å². The normalized spacial score (nSPS) is 18.3. The van der Waals surface area contributed by atoms with Crippen LogP contribution in [0.25, 0.3) is 21.7 Å². The fourth-order valence-corrected chi connectivity index (χ4v) is 5.12. The minimum atomic E-state index is -0.0565. The highest BCUT2D eigenvalue weighted by Crippen LogP contribution is 2.25. The lowest BCUT2D eigenvalue weighted by atomic mass is 9.92. The molecule has 6 heteroatoms. The van der Waals surface area contributed by atoms with Gasteiger partial charge in [-0.15, -0.1) is 0 Å². The fourth-order valence-electron chi connectivity index (χ4n) is 5.12. The molecule has 0 saturated heterocycles. The van der Waals surface area contributed by atoms with Gasteiger partial charge in [-0.3, -0.25) is 10.2 Å². The molecule has 1 amide bonds. The number of carbonyl (C=O) groups excluding carboxylic acids is 1. The van der Waals surface area contributed by atoms with E-state index in [-0.39, 0.29) is 23.8 Å². The predicted octanol–water partition coefficient (Wildman–Crippen LogP) is 4.32. The van der Waals surface area contributed by atoms with E-state index in [2.05, 4.69) is 52.3 Å². The Kier molecular flexibility index (Phi) is 6.07. The van der Waals surface area contributed by atoms with Crippen molar-refractivity contribution in [2.75, 3.05) is 0 Å². The third-order valence-corrected chi connectivity index (χ3v) is 7.04. The number of rotatable bonds is 6. The zero-order valence-electron chi connectivity index (χ0n) is 19.3. The van der Waals surface area contributed by atoms with E-state index in [0.29, 0.717) is 17.8 Å². The van der Waals surface area contributed by atoms with Crippen molar-refractivity contribution in [1.29, 1.82) is 5.41 Å². The van der Waals surface area contributed by atoms with Crippen LogP contribution in [0.3, 0.4) is 0 Å². The van der Waals surface area contributed by atoms with Crippen molar-refractivity contribution >= 4 is 33.4 Å². The van der Waals surface area contributed by atoms with Crippen LogP contribution in [0.4, 0.5) is 0 Å². The molecule has 1 aliphatic rings. The second kappa shape index (κ2) is 9.31. The molecular weight excluding hydrogens is 422 g/mol. The van der Waals surface area contributed by atoms with Crippen molar-refractivity contribution in [2.45, 2.75) is 50.7 Å². The van der Waals surface area contributed by atoms with Crippen LogP contribution in [0, 0.1) is 5.41 Å². The lowest BCUT2D eigenvalue weighted by Gasteiger charge is -2.27. The lowest BCUT2D eigenvalue weighted by Crippen LogP contribution is -2.41. The van der Waals surface area contributed by atoms with Gasteiger partial charge in [-0.2, -0.15) is 0 Å². The number of fused-ring (bicyclic) bond motifs is 2. The van der Waals surface area contributed by atoms with Crippen LogP contribution < -0.4 is 16.8 Å². The molecular formula is C28H31N5O. The number of nitrogen functional groups attached to an aromatic ring is 1. The number of hydrogen-bond donors (Lipinski definition) is 4. The zero-order chi connectivity index (χ0) is 23.7. The molecule has 1 fully saturated rings. The number of amidine groups is 1. The number of hydrogen-bond acceptors (Lipinski definition) is 3. The SMILES string of the molecule is N=C(N)c1ccc2cc(C(=O)NC3CCC(N)CC3)n(CCc3cccc4ccccc34)c2c1. The second-order valence-electron chi connectivity index (χ2n) is 9.34. The van der Waals surface area contributed by atoms with Gasteiger partial charge < -0.3 is 21.4 Å². The highest BCUT2D eigenvalue weighted by atomic mass is 16.2. The quantitative estimate of drug-likeness (QED) is 0.258. The van der Waals surface area contributed by atoms with Crippen LogP contribution in [0.15, 0.2) is 66.7 Å². The maximum atomic E-state index is 13.4. The van der Waals surface area contributed by atoms with Crippen LogP contribution in [0.1, 0.15) is 47.3 Å². The van der Waals surface area contributed by atoms with Gasteiger partial charge in [0.15, 0.2) is 0 Å².